The number of nitrogens with two attached hydrogens (primary N) is 1. The Bertz CT molecular complexity index is 629. The highest BCUT2D eigenvalue weighted by Gasteiger charge is 2.19. The molecule has 2 aromatic carbocycles. The van der Waals surface area contributed by atoms with Crippen molar-refractivity contribution in [2.45, 2.75) is 18.9 Å². The second-order valence-electron chi connectivity index (χ2n) is 5.28. The lowest BCUT2D eigenvalue weighted by Crippen LogP contribution is -2.50. The Balaban J connectivity index is 1.89. The van der Waals surface area contributed by atoms with Crippen molar-refractivity contribution >= 4 is 11.9 Å². The number of benzene rings is 2. The van der Waals surface area contributed by atoms with E-state index in [0.717, 1.165) is 17.5 Å². The minimum atomic E-state index is -0.704. The van der Waals surface area contributed by atoms with Gasteiger partial charge < -0.3 is 16.4 Å². The topological polar surface area (TPSA) is 84.2 Å². The van der Waals surface area contributed by atoms with Gasteiger partial charge in [0.1, 0.15) is 6.04 Å². The van der Waals surface area contributed by atoms with Gasteiger partial charge in [0.15, 0.2) is 0 Å². The summed E-state index contributed by atoms with van der Waals surface area (Å²) in [6, 6.07) is 18.0. The van der Waals surface area contributed by atoms with E-state index < -0.39 is 12.1 Å². The van der Waals surface area contributed by atoms with Gasteiger partial charge in [0.2, 0.25) is 5.91 Å². The SMILES string of the molecule is NC(=O)NC(Cc1ccccc1)C(=O)NCCc1ccccc1. The zero-order chi connectivity index (χ0) is 16.5. The molecule has 23 heavy (non-hydrogen) atoms. The molecular weight excluding hydrogens is 290 g/mol. The molecule has 0 aromatic heterocycles. The monoisotopic (exact) mass is 311 g/mol. The summed E-state index contributed by atoms with van der Waals surface area (Å²) in [5, 5.41) is 5.35. The molecule has 0 heterocycles. The molecule has 5 nitrogen and oxygen atoms in total. The van der Waals surface area contributed by atoms with Crippen molar-refractivity contribution in [3.8, 4) is 0 Å². The Morgan fingerprint density at radius 2 is 1.48 bits per heavy atom. The van der Waals surface area contributed by atoms with Gasteiger partial charge in [-0.3, -0.25) is 4.79 Å². The van der Waals surface area contributed by atoms with Gasteiger partial charge in [0.25, 0.3) is 0 Å². The van der Waals surface area contributed by atoms with E-state index in [1.807, 2.05) is 60.7 Å². The molecule has 1 atom stereocenters. The Morgan fingerprint density at radius 1 is 0.913 bits per heavy atom. The summed E-state index contributed by atoms with van der Waals surface area (Å²) >= 11 is 0. The van der Waals surface area contributed by atoms with E-state index in [0.29, 0.717) is 13.0 Å². The Hall–Kier alpha value is -2.82. The predicted molar refractivity (Wildman–Crippen MR) is 89.8 cm³/mol. The molecule has 4 N–H and O–H groups in total. The van der Waals surface area contributed by atoms with E-state index in [1.165, 1.54) is 0 Å². The number of nitrogens with one attached hydrogen (secondary N) is 2. The van der Waals surface area contributed by atoms with E-state index in [4.69, 9.17) is 5.73 Å². The van der Waals surface area contributed by atoms with Gasteiger partial charge in [-0.1, -0.05) is 60.7 Å². The summed E-state index contributed by atoms with van der Waals surface area (Å²) in [5.74, 6) is -0.233. The van der Waals surface area contributed by atoms with Gasteiger partial charge in [0.05, 0.1) is 0 Å². The Kier molecular flexibility index (Phi) is 6.17. The molecule has 0 radical (unpaired) electrons. The summed E-state index contributed by atoms with van der Waals surface area (Å²) in [5.41, 5.74) is 7.29. The highest BCUT2D eigenvalue weighted by Crippen LogP contribution is 2.04. The molecule has 2 aromatic rings. The van der Waals surface area contributed by atoms with Crippen molar-refractivity contribution in [1.29, 1.82) is 0 Å². The molecule has 0 aliphatic rings. The van der Waals surface area contributed by atoms with Crippen molar-refractivity contribution in [3.05, 3.63) is 71.8 Å². The van der Waals surface area contributed by atoms with Crippen molar-refractivity contribution in [1.82, 2.24) is 10.6 Å². The average Bonchev–Trinajstić information content (AvgIpc) is 2.56. The van der Waals surface area contributed by atoms with Crippen molar-refractivity contribution in [2.75, 3.05) is 6.54 Å². The van der Waals surface area contributed by atoms with Crippen LogP contribution in [0, 0.1) is 0 Å². The van der Waals surface area contributed by atoms with Gasteiger partial charge in [-0.05, 0) is 17.5 Å². The zero-order valence-electron chi connectivity index (χ0n) is 12.9. The van der Waals surface area contributed by atoms with Gasteiger partial charge in [0, 0.05) is 13.0 Å². The quantitative estimate of drug-likeness (QED) is 0.726. The third-order valence-electron chi connectivity index (χ3n) is 3.47. The molecule has 1 unspecified atom stereocenters. The first kappa shape index (κ1) is 16.5. The summed E-state index contributed by atoms with van der Waals surface area (Å²) < 4.78 is 0. The molecule has 0 saturated heterocycles. The van der Waals surface area contributed by atoms with Gasteiger partial charge in [-0.15, -0.1) is 0 Å². The van der Waals surface area contributed by atoms with Crippen molar-refractivity contribution in [2.24, 2.45) is 5.73 Å². The third kappa shape index (κ3) is 5.82. The number of rotatable bonds is 7. The fraction of sp³-hybridized carbons (Fsp3) is 0.222. The second-order valence-corrected chi connectivity index (χ2v) is 5.28. The van der Waals surface area contributed by atoms with E-state index in [-0.39, 0.29) is 5.91 Å². The van der Waals surface area contributed by atoms with Crippen molar-refractivity contribution < 1.29 is 9.59 Å². The zero-order valence-corrected chi connectivity index (χ0v) is 12.9. The van der Waals surface area contributed by atoms with E-state index in [1.54, 1.807) is 0 Å². The molecule has 2 rings (SSSR count). The van der Waals surface area contributed by atoms with Crippen LogP contribution in [0.2, 0.25) is 0 Å². The predicted octanol–water partition coefficient (Wildman–Crippen LogP) is 1.62. The maximum atomic E-state index is 12.3. The second kappa shape index (κ2) is 8.58. The average molecular weight is 311 g/mol. The van der Waals surface area contributed by atoms with Crippen LogP contribution < -0.4 is 16.4 Å². The summed E-state index contributed by atoms with van der Waals surface area (Å²) in [4.78, 5) is 23.4. The molecule has 3 amide bonds. The lowest BCUT2D eigenvalue weighted by atomic mass is 10.1. The lowest BCUT2D eigenvalue weighted by molar-refractivity contribution is -0.122. The number of hydrogen-bond donors (Lipinski definition) is 3. The largest absolute Gasteiger partial charge is 0.354 e. The minimum Gasteiger partial charge on any atom is -0.354 e. The van der Waals surface area contributed by atoms with Crippen LogP contribution in [0.15, 0.2) is 60.7 Å². The van der Waals surface area contributed by atoms with E-state index >= 15 is 0 Å². The first-order valence-corrected chi connectivity index (χ1v) is 7.56. The normalized spacial score (nSPS) is 11.5. The fourth-order valence-electron chi connectivity index (χ4n) is 2.33. The van der Waals surface area contributed by atoms with Crippen LogP contribution in [0.1, 0.15) is 11.1 Å². The summed E-state index contributed by atoms with van der Waals surface area (Å²) in [7, 11) is 0. The lowest BCUT2D eigenvalue weighted by Gasteiger charge is -2.17. The number of urea groups is 1. The van der Waals surface area contributed by atoms with Gasteiger partial charge in [-0.25, -0.2) is 4.79 Å². The van der Waals surface area contributed by atoms with Gasteiger partial charge in [-0.2, -0.15) is 0 Å². The molecule has 120 valence electrons. The maximum Gasteiger partial charge on any atom is 0.312 e. The van der Waals surface area contributed by atoms with Crippen LogP contribution in [0.25, 0.3) is 0 Å². The molecule has 0 spiro atoms. The van der Waals surface area contributed by atoms with Crippen LogP contribution >= 0.6 is 0 Å². The first-order chi connectivity index (χ1) is 11.1. The number of amides is 3. The molecule has 0 bridgehead atoms. The van der Waals surface area contributed by atoms with Crippen LogP contribution in [0.3, 0.4) is 0 Å². The highest BCUT2D eigenvalue weighted by atomic mass is 16.2. The number of hydrogen-bond acceptors (Lipinski definition) is 2. The fourth-order valence-corrected chi connectivity index (χ4v) is 2.33. The highest BCUT2D eigenvalue weighted by molar-refractivity contribution is 5.86. The van der Waals surface area contributed by atoms with Crippen LogP contribution in [-0.2, 0) is 17.6 Å². The first-order valence-electron chi connectivity index (χ1n) is 7.56. The number of carbonyl (C=O) groups excluding carboxylic acids is 2. The molecule has 0 aliphatic heterocycles. The van der Waals surface area contributed by atoms with Crippen LogP contribution in [-0.4, -0.2) is 24.5 Å². The molecule has 0 saturated carbocycles. The standard InChI is InChI=1S/C18H21N3O2/c19-18(23)21-16(13-15-9-5-2-6-10-15)17(22)20-12-11-14-7-3-1-4-8-14/h1-10,16H,11-13H2,(H,20,22)(H3,19,21,23). The number of carbonyl (C=O) groups is 2. The summed E-state index contributed by atoms with van der Waals surface area (Å²) in [6.45, 7) is 0.509. The third-order valence-corrected chi connectivity index (χ3v) is 3.47. The molecule has 5 heteroatoms. The Morgan fingerprint density at radius 3 is 2.04 bits per heavy atom. The molecular formula is C18H21N3O2. The number of primary amides is 1. The van der Waals surface area contributed by atoms with E-state index in [2.05, 4.69) is 10.6 Å². The molecule has 0 fully saturated rings. The minimum absolute atomic E-state index is 0.233. The van der Waals surface area contributed by atoms with Crippen LogP contribution in [0.4, 0.5) is 4.79 Å². The maximum absolute atomic E-state index is 12.3. The smallest absolute Gasteiger partial charge is 0.312 e. The van der Waals surface area contributed by atoms with Gasteiger partial charge >= 0.3 is 6.03 Å². The summed E-state index contributed by atoms with van der Waals surface area (Å²) in [6.07, 6.45) is 1.14. The Labute approximate surface area is 135 Å². The van der Waals surface area contributed by atoms with Crippen LogP contribution in [0.5, 0.6) is 0 Å². The van der Waals surface area contributed by atoms with Crippen molar-refractivity contribution in [3.63, 3.8) is 0 Å². The molecule has 0 aliphatic carbocycles. The van der Waals surface area contributed by atoms with E-state index in [9.17, 15) is 9.59 Å².